The van der Waals surface area contributed by atoms with Crippen LogP contribution in [0.1, 0.15) is 18.6 Å². The van der Waals surface area contributed by atoms with Crippen LogP contribution in [0.4, 0.5) is 4.39 Å². The molecule has 3 heterocycles. The summed E-state index contributed by atoms with van der Waals surface area (Å²) in [5, 5.41) is 3.93. The van der Waals surface area contributed by atoms with Crippen LogP contribution < -0.4 is 11.1 Å². The maximum absolute atomic E-state index is 13.1. The fourth-order valence-corrected chi connectivity index (χ4v) is 2.78. The van der Waals surface area contributed by atoms with Gasteiger partial charge < -0.3 is 13.7 Å². The number of rotatable bonds is 5. The molecule has 3 aromatic heterocycles. The summed E-state index contributed by atoms with van der Waals surface area (Å²) in [4.78, 5) is 28.7. The van der Waals surface area contributed by atoms with Crippen LogP contribution >= 0.6 is 0 Å². The topological polar surface area (TPSA) is 82.9 Å². The lowest BCUT2D eigenvalue weighted by Gasteiger charge is -2.14. The Kier molecular flexibility index (Phi) is 3.60. The third kappa shape index (κ3) is 2.69. The van der Waals surface area contributed by atoms with Gasteiger partial charge in [-0.2, -0.15) is 0 Å². The van der Waals surface area contributed by atoms with Crippen LogP contribution in [0.15, 0.2) is 57.0 Å². The number of halogens is 1. The van der Waals surface area contributed by atoms with Gasteiger partial charge in [0, 0.05) is 24.7 Å². The van der Waals surface area contributed by atoms with Gasteiger partial charge in [-0.25, -0.2) is 4.39 Å². The largest absolute Gasteiger partial charge is 0.359 e. The van der Waals surface area contributed by atoms with E-state index in [9.17, 15) is 14.0 Å². The Morgan fingerprint density at radius 1 is 1.16 bits per heavy atom. The van der Waals surface area contributed by atoms with Crippen molar-refractivity contribution in [2.45, 2.75) is 24.9 Å². The van der Waals surface area contributed by atoms with Crippen molar-refractivity contribution in [2.24, 2.45) is 0 Å². The molecule has 1 saturated carbocycles. The first-order chi connectivity index (χ1) is 12.1. The van der Waals surface area contributed by atoms with Crippen molar-refractivity contribution in [3.8, 4) is 11.4 Å². The fourth-order valence-electron chi connectivity index (χ4n) is 2.78. The molecule has 3 aromatic rings. The monoisotopic (exact) mass is 342 g/mol. The van der Waals surface area contributed by atoms with Gasteiger partial charge in [0.1, 0.15) is 12.4 Å². The van der Waals surface area contributed by atoms with Crippen LogP contribution in [-0.2, 0) is 12.1 Å². The second-order valence-electron chi connectivity index (χ2n) is 6.16. The Morgan fingerprint density at radius 2 is 2.00 bits per heavy atom. The van der Waals surface area contributed by atoms with Crippen molar-refractivity contribution in [1.82, 2.24) is 19.3 Å². The Hall–Kier alpha value is -3.03. The highest BCUT2D eigenvalue weighted by atomic mass is 19.1. The lowest BCUT2D eigenvalue weighted by Crippen LogP contribution is -2.45. The Bertz CT molecular complexity index is 1020. The molecular weight excluding hydrogens is 327 g/mol. The minimum atomic E-state index is -0.826. The molecule has 0 atom stereocenters. The average molecular weight is 342 g/mol. The van der Waals surface area contributed by atoms with E-state index in [2.05, 4.69) is 10.1 Å². The average Bonchev–Trinajstić information content (AvgIpc) is 3.30. The highest BCUT2D eigenvalue weighted by molar-refractivity contribution is 5.52. The molecule has 7 nitrogen and oxygen atoms in total. The summed E-state index contributed by atoms with van der Waals surface area (Å²) in [5.41, 5.74) is -1.06. The van der Waals surface area contributed by atoms with Crippen LogP contribution in [0.25, 0.3) is 11.4 Å². The van der Waals surface area contributed by atoms with Gasteiger partial charge in [-0.05, 0) is 25.0 Å². The smallest absolute Gasteiger partial charge is 0.317 e. The van der Waals surface area contributed by atoms with E-state index >= 15 is 0 Å². The highest BCUT2D eigenvalue weighted by Gasteiger charge is 2.45. The molecule has 128 valence electrons. The number of pyridine rings is 1. The van der Waals surface area contributed by atoms with Gasteiger partial charge in [0.2, 0.25) is 0 Å². The first-order valence-electron chi connectivity index (χ1n) is 7.88. The number of hydrogen-bond acceptors (Lipinski definition) is 5. The van der Waals surface area contributed by atoms with Gasteiger partial charge in [-0.3, -0.25) is 14.6 Å². The molecule has 1 aliphatic rings. The minimum Gasteiger partial charge on any atom is -0.359 e. The Labute approximate surface area is 141 Å². The van der Waals surface area contributed by atoms with E-state index in [1.807, 2.05) is 6.07 Å². The maximum Gasteiger partial charge on any atom is 0.317 e. The molecule has 0 bridgehead atoms. The molecular formula is C17H15FN4O3. The van der Waals surface area contributed by atoms with E-state index in [1.54, 1.807) is 24.4 Å². The van der Waals surface area contributed by atoms with E-state index in [0.717, 1.165) is 0 Å². The molecule has 0 spiro atoms. The van der Waals surface area contributed by atoms with Gasteiger partial charge in [0.25, 0.3) is 0 Å². The van der Waals surface area contributed by atoms with Crippen LogP contribution in [0.5, 0.6) is 0 Å². The van der Waals surface area contributed by atoms with E-state index in [1.165, 1.54) is 21.5 Å². The molecule has 4 rings (SSSR count). The molecule has 0 unspecified atom stereocenters. The number of alkyl halides is 1. The second kappa shape index (κ2) is 5.80. The third-order valence-electron chi connectivity index (χ3n) is 4.46. The zero-order valence-electron chi connectivity index (χ0n) is 13.3. The molecule has 1 fully saturated rings. The molecule has 0 aliphatic heterocycles. The van der Waals surface area contributed by atoms with Gasteiger partial charge in [0.05, 0.1) is 17.8 Å². The summed E-state index contributed by atoms with van der Waals surface area (Å²) in [6, 6.07) is 7.09. The van der Waals surface area contributed by atoms with Crippen LogP contribution in [-0.4, -0.2) is 25.9 Å². The van der Waals surface area contributed by atoms with Gasteiger partial charge in [0.15, 0.2) is 5.76 Å². The van der Waals surface area contributed by atoms with Crippen molar-refractivity contribution in [3.63, 3.8) is 0 Å². The summed E-state index contributed by atoms with van der Waals surface area (Å²) in [7, 11) is 0. The van der Waals surface area contributed by atoms with Crippen molar-refractivity contribution < 1.29 is 8.91 Å². The van der Waals surface area contributed by atoms with Gasteiger partial charge in [-0.15, -0.1) is 0 Å². The SMILES string of the molecule is O=c1c(=O)n(C2(CF)CC2)ccn1Cc1cc(-c2ccccn2)no1. The molecule has 0 saturated heterocycles. The van der Waals surface area contributed by atoms with Crippen molar-refractivity contribution >= 4 is 0 Å². The summed E-state index contributed by atoms with van der Waals surface area (Å²) in [6.07, 6.45) is 5.73. The minimum absolute atomic E-state index is 0.0668. The summed E-state index contributed by atoms with van der Waals surface area (Å²) < 4.78 is 20.8. The number of hydrogen-bond donors (Lipinski definition) is 0. The molecule has 0 N–H and O–H groups in total. The highest BCUT2D eigenvalue weighted by Crippen LogP contribution is 2.42. The van der Waals surface area contributed by atoms with E-state index in [-0.39, 0.29) is 6.54 Å². The lowest BCUT2D eigenvalue weighted by molar-refractivity contribution is 0.325. The van der Waals surface area contributed by atoms with Crippen molar-refractivity contribution in [1.29, 1.82) is 0 Å². The van der Waals surface area contributed by atoms with Crippen molar-refractivity contribution in [2.75, 3.05) is 6.67 Å². The standard InChI is InChI=1S/C17H15FN4O3/c18-11-17(4-5-17)22-8-7-21(15(23)16(22)24)10-12-9-14(20-25-12)13-3-1-2-6-19-13/h1-3,6-9H,4-5,10-11H2. The zero-order valence-corrected chi connectivity index (χ0v) is 13.3. The fraction of sp³-hybridized carbons (Fsp3) is 0.294. The molecule has 8 heteroatoms. The molecule has 0 amide bonds. The normalized spacial score (nSPS) is 15.2. The quantitative estimate of drug-likeness (QED) is 0.657. The summed E-state index contributed by atoms with van der Waals surface area (Å²) >= 11 is 0. The maximum atomic E-state index is 13.1. The van der Waals surface area contributed by atoms with Gasteiger partial charge >= 0.3 is 11.1 Å². The Balaban J connectivity index is 1.62. The summed E-state index contributed by atoms with van der Waals surface area (Å²) in [6.45, 7) is -0.580. The Morgan fingerprint density at radius 3 is 2.68 bits per heavy atom. The molecule has 0 aromatic carbocycles. The molecule has 0 radical (unpaired) electrons. The predicted molar refractivity (Wildman–Crippen MR) is 87.0 cm³/mol. The van der Waals surface area contributed by atoms with E-state index in [0.29, 0.717) is 30.0 Å². The number of nitrogens with zero attached hydrogens (tertiary/aromatic N) is 4. The first-order valence-corrected chi connectivity index (χ1v) is 7.88. The third-order valence-corrected chi connectivity index (χ3v) is 4.46. The number of aromatic nitrogens is 4. The van der Waals surface area contributed by atoms with Crippen molar-refractivity contribution in [3.05, 3.63) is 69.3 Å². The van der Waals surface area contributed by atoms with E-state index in [4.69, 9.17) is 4.52 Å². The van der Waals surface area contributed by atoms with Crippen LogP contribution in [0.3, 0.4) is 0 Å². The van der Waals surface area contributed by atoms with Crippen LogP contribution in [0.2, 0.25) is 0 Å². The zero-order chi connectivity index (χ0) is 17.4. The van der Waals surface area contributed by atoms with Crippen LogP contribution in [0, 0.1) is 0 Å². The molecule has 1 aliphatic carbocycles. The second-order valence-corrected chi connectivity index (χ2v) is 6.16. The first kappa shape index (κ1) is 15.5. The lowest BCUT2D eigenvalue weighted by atomic mass is 10.2. The molecule has 25 heavy (non-hydrogen) atoms. The predicted octanol–water partition coefficient (Wildman–Crippen LogP) is 1.57. The van der Waals surface area contributed by atoms with Gasteiger partial charge in [-0.1, -0.05) is 11.2 Å². The van der Waals surface area contributed by atoms with E-state index < -0.39 is 23.3 Å². The summed E-state index contributed by atoms with van der Waals surface area (Å²) in [5.74, 6) is 0.423.